The average Bonchev–Trinajstić information content (AvgIpc) is 2.75. The molecule has 0 aromatic heterocycles. The lowest BCUT2D eigenvalue weighted by atomic mass is 10.3. The van der Waals surface area contributed by atoms with Gasteiger partial charge in [-0.05, 0) is 12.2 Å². The second-order valence-electron chi connectivity index (χ2n) is 2.84. The van der Waals surface area contributed by atoms with Gasteiger partial charge in [-0.25, -0.2) is 0 Å². The first-order valence-electron chi connectivity index (χ1n) is 3.99. The molecule has 64 valence electrons. The first kappa shape index (κ1) is 7.43. The standard InChI is InChI=1S/C9H11NO2/c11-5-8-6-12-9(10-8)7-3-1-2-4-7/h1-4,8,10-11H,5-6H2/t8-/m1/s1. The Kier molecular flexibility index (Phi) is 1.87. The Morgan fingerprint density at radius 2 is 2.25 bits per heavy atom. The molecule has 2 rings (SSSR count). The van der Waals surface area contributed by atoms with Crippen molar-refractivity contribution >= 4 is 0 Å². The van der Waals surface area contributed by atoms with Gasteiger partial charge in [0.15, 0.2) is 5.88 Å². The Bertz CT molecular complexity index is 252. The topological polar surface area (TPSA) is 41.5 Å². The van der Waals surface area contributed by atoms with Crippen molar-refractivity contribution in [2.45, 2.75) is 6.04 Å². The third-order valence-corrected chi connectivity index (χ3v) is 1.91. The van der Waals surface area contributed by atoms with Gasteiger partial charge in [0, 0.05) is 5.57 Å². The molecule has 1 atom stereocenters. The van der Waals surface area contributed by atoms with Crippen LogP contribution in [0.25, 0.3) is 0 Å². The molecule has 12 heavy (non-hydrogen) atoms. The van der Waals surface area contributed by atoms with Crippen LogP contribution in [-0.2, 0) is 4.74 Å². The summed E-state index contributed by atoms with van der Waals surface area (Å²) in [5.41, 5.74) is 1.05. The van der Waals surface area contributed by atoms with Gasteiger partial charge in [-0.3, -0.25) is 0 Å². The van der Waals surface area contributed by atoms with Crippen LogP contribution < -0.4 is 5.32 Å². The van der Waals surface area contributed by atoms with Crippen molar-refractivity contribution in [2.75, 3.05) is 13.2 Å². The number of aliphatic hydroxyl groups is 1. The zero-order valence-corrected chi connectivity index (χ0v) is 6.66. The van der Waals surface area contributed by atoms with Crippen molar-refractivity contribution in [2.24, 2.45) is 0 Å². The number of aliphatic hydroxyl groups excluding tert-OH is 1. The summed E-state index contributed by atoms with van der Waals surface area (Å²) in [7, 11) is 0. The van der Waals surface area contributed by atoms with Gasteiger partial charge < -0.3 is 15.2 Å². The molecule has 0 aromatic rings. The van der Waals surface area contributed by atoms with E-state index in [0.29, 0.717) is 6.61 Å². The van der Waals surface area contributed by atoms with Crippen LogP contribution in [0.4, 0.5) is 0 Å². The minimum absolute atomic E-state index is 0.0508. The van der Waals surface area contributed by atoms with Crippen molar-refractivity contribution in [1.82, 2.24) is 5.32 Å². The van der Waals surface area contributed by atoms with Crippen molar-refractivity contribution in [3.8, 4) is 0 Å². The number of hydrogen-bond donors (Lipinski definition) is 2. The highest BCUT2D eigenvalue weighted by Crippen LogP contribution is 2.16. The van der Waals surface area contributed by atoms with Crippen LogP contribution in [0.15, 0.2) is 35.8 Å². The molecular weight excluding hydrogens is 154 g/mol. The van der Waals surface area contributed by atoms with E-state index in [2.05, 4.69) is 5.32 Å². The number of allylic oxidation sites excluding steroid dienone is 5. The molecule has 0 bridgehead atoms. The van der Waals surface area contributed by atoms with Crippen LogP contribution in [0.1, 0.15) is 0 Å². The van der Waals surface area contributed by atoms with Gasteiger partial charge in [-0.15, -0.1) is 0 Å². The van der Waals surface area contributed by atoms with E-state index in [-0.39, 0.29) is 12.6 Å². The smallest absolute Gasteiger partial charge is 0.194 e. The van der Waals surface area contributed by atoms with Crippen LogP contribution in [0.3, 0.4) is 0 Å². The third kappa shape index (κ3) is 1.23. The van der Waals surface area contributed by atoms with E-state index in [1.807, 2.05) is 24.3 Å². The van der Waals surface area contributed by atoms with E-state index in [0.717, 1.165) is 11.5 Å². The largest absolute Gasteiger partial charge is 0.476 e. The minimum atomic E-state index is 0.0508. The van der Waals surface area contributed by atoms with Gasteiger partial charge in [0.25, 0.3) is 0 Å². The summed E-state index contributed by atoms with van der Waals surface area (Å²) in [5, 5.41) is 11.9. The molecule has 1 fully saturated rings. The quantitative estimate of drug-likeness (QED) is 0.587. The normalized spacial score (nSPS) is 26.2. The maximum Gasteiger partial charge on any atom is 0.194 e. The summed E-state index contributed by atoms with van der Waals surface area (Å²) in [5.74, 6) is 0.777. The lowest BCUT2D eigenvalue weighted by Crippen LogP contribution is -2.26. The minimum Gasteiger partial charge on any atom is -0.476 e. The fraction of sp³-hybridized carbons (Fsp3) is 0.333. The van der Waals surface area contributed by atoms with E-state index in [9.17, 15) is 0 Å². The highest BCUT2D eigenvalue weighted by atomic mass is 16.5. The molecule has 2 aliphatic rings. The monoisotopic (exact) mass is 165 g/mol. The molecule has 2 N–H and O–H groups in total. The first-order valence-corrected chi connectivity index (χ1v) is 3.99. The Labute approximate surface area is 71.0 Å². The molecule has 0 spiro atoms. The van der Waals surface area contributed by atoms with Gasteiger partial charge in [-0.1, -0.05) is 12.2 Å². The first-order chi connectivity index (χ1) is 5.90. The second-order valence-corrected chi connectivity index (χ2v) is 2.84. The zero-order chi connectivity index (χ0) is 8.39. The Morgan fingerprint density at radius 3 is 2.83 bits per heavy atom. The van der Waals surface area contributed by atoms with E-state index >= 15 is 0 Å². The molecular formula is C9H11NO2. The summed E-state index contributed by atoms with van der Waals surface area (Å²) in [6, 6.07) is 0.0508. The molecule has 1 heterocycles. The Hall–Kier alpha value is -1.22. The highest BCUT2D eigenvalue weighted by Gasteiger charge is 2.20. The summed E-state index contributed by atoms with van der Waals surface area (Å²) in [4.78, 5) is 0. The van der Waals surface area contributed by atoms with Crippen molar-refractivity contribution in [1.29, 1.82) is 0 Å². The third-order valence-electron chi connectivity index (χ3n) is 1.91. The molecule has 3 heteroatoms. The Morgan fingerprint density at radius 1 is 1.50 bits per heavy atom. The summed E-state index contributed by atoms with van der Waals surface area (Å²) in [6.07, 6.45) is 7.86. The highest BCUT2D eigenvalue weighted by molar-refractivity contribution is 5.42. The van der Waals surface area contributed by atoms with E-state index in [4.69, 9.17) is 9.84 Å². The number of ether oxygens (including phenoxy) is 1. The predicted molar refractivity (Wildman–Crippen MR) is 45.3 cm³/mol. The van der Waals surface area contributed by atoms with Crippen LogP contribution in [0, 0.1) is 0 Å². The molecule has 1 aliphatic heterocycles. The maximum absolute atomic E-state index is 8.83. The number of hydrogen-bond acceptors (Lipinski definition) is 3. The predicted octanol–water partition coefficient (Wildman–Crippen LogP) is 0.305. The van der Waals surface area contributed by atoms with Crippen LogP contribution in [-0.4, -0.2) is 24.4 Å². The van der Waals surface area contributed by atoms with Gasteiger partial charge in [0.05, 0.1) is 12.6 Å². The van der Waals surface area contributed by atoms with Gasteiger partial charge in [0.2, 0.25) is 0 Å². The number of rotatable bonds is 1. The fourth-order valence-electron chi connectivity index (χ4n) is 1.24. The van der Waals surface area contributed by atoms with Gasteiger partial charge in [-0.2, -0.15) is 0 Å². The maximum atomic E-state index is 8.83. The van der Waals surface area contributed by atoms with E-state index in [1.54, 1.807) is 0 Å². The van der Waals surface area contributed by atoms with Crippen LogP contribution >= 0.6 is 0 Å². The molecule has 0 unspecified atom stereocenters. The van der Waals surface area contributed by atoms with Gasteiger partial charge >= 0.3 is 0 Å². The van der Waals surface area contributed by atoms with Crippen molar-refractivity contribution < 1.29 is 9.84 Å². The molecule has 0 saturated carbocycles. The lowest BCUT2D eigenvalue weighted by molar-refractivity contribution is 0.213. The molecule has 0 radical (unpaired) electrons. The molecule has 1 saturated heterocycles. The summed E-state index contributed by atoms with van der Waals surface area (Å²) in [6.45, 7) is 0.668. The molecule has 3 nitrogen and oxygen atoms in total. The van der Waals surface area contributed by atoms with E-state index in [1.165, 1.54) is 0 Å². The summed E-state index contributed by atoms with van der Waals surface area (Å²) < 4.78 is 5.35. The van der Waals surface area contributed by atoms with Crippen molar-refractivity contribution in [3.05, 3.63) is 35.8 Å². The van der Waals surface area contributed by atoms with Crippen molar-refractivity contribution in [3.63, 3.8) is 0 Å². The van der Waals surface area contributed by atoms with Crippen LogP contribution in [0.5, 0.6) is 0 Å². The number of nitrogens with one attached hydrogen (secondary N) is 1. The second kappa shape index (κ2) is 3.03. The fourth-order valence-corrected chi connectivity index (χ4v) is 1.24. The molecule has 1 aliphatic carbocycles. The molecule has 0 aromatic carbocycles. The Balaban J connectivity index is 2.12. The molecule has 0 amide bonds. The lowest BCUT2D eigenvalue weighted by Gasteiger charge is -2.02. The summed E-state index contributed by atoms with van der Waals surface area (Å²) >= 11 is 0. The van der Waals surface area contributed by atoms with E-state index < -0.39 is 0 Å². The van der Waals surface area contributed by atoms with Gasteiger partial charge in [0.1, 0.15) is 6.61 Å². The average molecular weight is 165 g/mol. The zero-order valence-electron chi connectivity index (χ0n) is 6.66. The van der Waals surface area contributed by atoms with Crippen LogP contribution in [0.2, 0.25) is 0 Å². The SMILES string of the molecule is OC[C@@H]1COC(=C2C=CC=C2)N1.